The van der Waals surface area contributed by atoms with Gasteiger partial charge in [0.05, 0.1) is 20.3 Å². The lowest BCUT2D eigenvalue weighted by atomic mass is 10.0. The van der Waals surface area contributed by atoms with Crippen molar-refractivity contribution >= 4 is 45.9 Å². The van der Waals surface area contributed by atoms with Gasteiger partial charge in [0, 0.05) is 29.0 Å². The molecule has 2 aromatic rings. The van der Waals surface area contributed by atoms with Crippen LogP contribution in [0.4, 0.5) is 0 Å². The van der Waals surface area contributed by atoms with Crippen molar-refractivity contribution in [1.29, 1.82) is 0 Å². The van der Waals surface area contributed by atoms with E-state index in [0.717, 1.165) is 27.9 Å². The first-order valence-electron chi connectivity index (χ1n) is 8.68. The molecule has 3 N–H and O–H groups in total. The average molecular weight is 548 g/mol. The minimum Gasteiger partial charge on any atom is -0.496 e. The fourth-order valence-corrected chi connectivity index (χ4v) is 3.02. The molecule has 0 bridgehead atoms. The number of hydrogen-bond donors (Lipinski definition) is 3. The summed E-state index contributed by atoms with van der Waals surface area (Å²) in [4.78, 5) is 4.65. The first-order valence-corrected chi connectivity index (χ1v) is 9.47. The van der Waals surface area contributed by atoms with Crippen molar-refractivity contribution in [2.75, 3.05) is 26.8 Å². The molecule has 0 saturated heterocycles. The summed E-state index contributed by atoms with van der Waals surface area (Å²) in [5.74, 6) is 1.54. The van der Waals surface area contributed by atoms with E-state index in [1.807, 2.05) is 55.5 Å². The molecular weight excluding hydrogens is 521 g/mol. The van der Waals surface area contributed by atoms with Crippen LogP contribution in [0.15, 0.2) is 58.0 Å². The maximum Gasteiger partial charge on any atom is 0.191 e. The van der Waals surface area contributed by atoms with Gasteiger partial charge in [-0.05, 0) is 30.7 Å². The first kappa shape index (κ1) is 23.7. The SMILES string of the molecule is CCNC(=NCc1cc(Br)ccc1OC)NCC(CO)c1ccccc1.I. The normalized spacial score (nSPS) is 12.1. The third-order valence-electron chi connectivity index (χ3n) is 4.00. The number of guanidine groups is 1. The van der Waals surface area contributed by atoms with Crippen LogP contribution >= 0.6 is 39.9 Å². The van der Waals surface area contributed by atoms with Crippen molar-refractivity contribution in [1.82, 2.24) is 10.6 Å². The monoisotopic (exact) mass is 547 g/mol. The molecule has 0 aromatic heterocycles. The molecule has 0 heterocycles. The van der Waals surface area contributed by atoms with Crippen LogP contribution in [0.5, 0.6) is 5.75 Å². The maximum atomic E-state index is 9.71. The summed E-state index contributed by atoms with van der Waals surface area (Å²) in [6.45, 7) is 3.96. The number of aliphatic imine (C=N–C) groups is 1. The number of nitrogens with zero attached hydrogens (tertiary/aromatic N) is 1. The van der Waals surface area contributed by atoms with Gasteiger partial charge >= 0.3 is 0 Å². The van der Waals surface area contributed by atoms with Gasteiger partial charge in [-0.15, -0.1) is 24.0 Å². The number of halogens is 2. The largest absolute Gasteiger partial charge is 0.496 e. The van der Waals surface area contributed by atoms with E-state index in [1.54, 1.807) is 7.11 Å². The van der Waals surface area contributed by atoms with Crippen molar-refractivity contribution in [3.05, 3.63) is 64.1 Å². The van der Waals surface area contributed by atoms with Gasteiger partial charge in [0.15, 0.2) is 5.96 Å². The van der Waals surface area contributed by atoms with E-state index in [9.17, 15) is 5.11 Å². The number of rotatable bonds is 8. The van der Waals surface area contributed by atoms with Crippen LogP contribution in [0.1, 0.15) is 24.0 Å². The van der Waals surface area contributed by atoms with Crippen molar-refractivity contribution in [3.63, 3.8) is 0 Å². The van der Waals surface area contributed by atoms with Crippen LogP contribution in [-0.4, -0.2) is 37.9 Å². The van der Waals surface area contributed by atoms with Gasteiger partial charge in [-0.1, -0.05) is 46.3 Å². The van der Waals surface area contributed by atoms with Crippen LogP contribution in [0, 0.1) is 0 Å². The fraction of sp³-hybridized carbons (Fsp3) is 0.350. The zero-order valence-corrected chi connectivity index (χ0v) is 19.5. The van der Waals surface area contributed by atoms with Gasteiger partial charge < -0.3 is 20.5 Å². The number of aliphatic hydroxyl groups is 1. The van der Waals surface area contributed by atoms with Crippen LogP contribution in [0.3, 0.4) is 0 Å². The summed E-state index contributed by atoms with van der Waals surface area (Å²) in [5.41, 5.74) is 2.10. The molecule has 2 aromatic carbocycles. The zero-order chi connectivity index (χ0) is 18.8. The molecule has 1 atom stereocenters. The zero-order valence-electron chi connectivity index (χ0n) is 15.6. The van der Waals surface area contributed by atoms with Crippen LogP contribution in [0.2, 0.25) is 0 Å². The maximum absolute atomic E-state index is 9.71. The quantitative estimate of drug-likeness (QED) is 0.266. The van der Waals surface area contributed by atoms with Crippen LogP contribution < -0.4 is 15.4 Å². The molecule has 0 aliphatic rings. The van der Waals surface area contributed by atoms with Gasteiger partial charge in [0.1, 0.15) is 5.75 Å². The molecule has 0 saturated carbocycles. The smallest absolute Gasteiger partial charge is 0.191 e. The lowest BCUT2D eigenvalue weighted by molar-refractivity contribution is 0.265. The van der Waals surface area contributed by atoms with Crippen LogP contribution in [0.25, 0.3) is 0 Å². The number of nitrogens with one attached hydrogen (secondary N) is 2. The van der Waals surface area contributed by atoms with Gasteiger partial charge in [0.25, 0.3) is 0 Å². The molecule has 0 radical (unpaired) electrons. The van der Waals surface area contributed by atoms with Gasteiger partial charge in [-0.3, -0.25) is 0 Å². The summed E-state index contributed by atoms with van der Waals surface area (Å²) in [6.07, 6.45) is 0. The van der Waals surface area contributed by atoms with Crippen molar-refractivity contribution in [2.24, 2.45) is 4.99 Å². The second kappa shape index (κ2) is 13.0. The second-order valence-electron chi connectivity index (χ2n) is 5.82. The highest BCUT2D eigenvalue weighted by Gasteiger charge is 2.11. The predicted molar refractivity (Wildman–Crippen MR) is 125 cm³/mol. The lowest BCUT2D eigenvalue weighted by Crippen LogP contribution is -2.39. The molecular formula is C20H27BrIN3O2. The molecule has 0 amide bonds. The molecule has 1 unspecified atom stereocenters. The van der Waals surface area contributed by atoms with E-state index in [0.29, 0.717) is 19.0 Å². The molecule has 2 rings (SSSR count). The van der Waals surface area contributed by atoms with E-state index >= 15 is 0 Å². The molecule has 27 heavy (non-hydrogen) atoms. The number of methoxy groups -OCH3 is 1. The van der Waals surface area contributed by atoms with Crippen molar-refractivity contribution < 1.29 is 9.84 Å². The van der Waals surface area contributed by atoms with Gasteiger partial charge in [-0.2, -0.15) is 0 Å². The highest BCUT2D eigenvalue weighted by atomic mass is 127. The molecule has 0 aliphatic carbocycles. The van der Waals surface area contributed by atoms with Crippen molar-refractivity contribution in [3.8, 4) is 5.75 Å². The Hall–Kier alpha value is -1.32. The van der Waals surface area contributed by atoms with E-state index in [4.69, 9.17) is 4.74 Å². The van der Waals surface area contributed by atoms with E-state index in [1.165, 1.54) is 0 Å². The first-order chi connectivity index (χ1) is 12.7. The molecule has 0 fully saturated rings. The highest BCUT2D eigenvalue weighted by molar-refractivity contribution is 14.0. The molecule has 0 aliphatic heterocycles. The summed E-state index contributed by atoms with van der Waals surface area (Å²) in [6, 6.07) is 15.9. The Bertz CT molecular complexity index is 714. The predicted octanol–water partition coefficient (Wildman–Crippen LogP) is 3.91. The summed E-state index contributed by atoms with van der Waals surface area (Å²) in [5, 5.41) is 16.3. The van der Waals surface area contributed by atoms with Gasteiger partial charge in [0.2, 0.25) is 0 Å². The van der Waals surface area contributed by atoms with E-state index in [2.05, 4.69) is 31.6 Å². The number of benzene rings is 2. The minimum atomic E-state index is 0. The molecule has 0 spiro atoms. The molecule has 148 valence electrons. The minimum absolute atomic E-state index is 0. The Morgan fingerprint density at radius 3 is 2.56 bits per heavy atom. The van der Waals surface area contributed by atoms with Crippen LogP contribution in [-0.2, 0) is 6.54 Å². The summed E-state index contributed by atoms with van der Waals surface area (Å²) < 4.78 is 6.39. The highest BCUT2D eigenvalue weighted by Crippen LogP contribution is 2.23. The average Bonchev–Trinajstić information content (AvgIpc) is 2.67. The van der Waals surface area contributed by atoms with E-state index < -0.39 is 0 Å². The molecule has 5 nitrogen and oxygen atoms in total. The second-order valence-corrected chi connectivity index (χ2v) is 6.74. The van der Waals surface area contributed by atoms with E-state index in [-0.39, 0.29) is 36.5 Å². The Morgan fingerprint density at radius 1 is 1.19 bits per heavy atom. The number of hydrogen-bond acceptors (Lipinski definition) is 3. The number of ether oxygens (including phenoxy) is 1. The van der Waals surface area contributed by atoms with Crippen molar-refractivity contribution in [2.45, 2.75) is 19.4 Å². The third kappa shape index (κ3) is 7.67. The number of aliphatic hydroxyl groups excluding tert-OH is 1. The summed E-state index contributed by atoms with van der Waals surface area (Å²) in [7, 11) is 1.66. The standard InChI is InChI=1S/C20H26BrN3O2.HI/c1-3-22-20(23-12-16-11-18(21)9-10-19(16)26-2)24-13-17(14-25)15-7-5-4-6-8-15;/h4-11,17,25H,3,12-14H2,1-2H3,(H2,22,23,24);1H. The lowest BCUT2D eigenvalue weighted by Gasteiger charge is -2.18. The van der Waals surface area contributed by atoms with Gasteiger partial charge in [-0.25, -0.2) is 4.99 Å². The topological polar surface area (TPSA) is 65.9 Å². The Morgan fingerprint density at radius 2 is 1.93 bits per heavy atom. The Labute approximate surface area is 186 Å². The fourth-order valence-electron chi connectivity index (χ4n) is 2.61. The Balaban J connectivity index is 0.00000364. The molecule has 7 heteroatoms. The third-order valence-corrected chi connectivity index (χ3v) is 4.49. The summed E-state index contributed by atoms with van der Waals surface area (Å²) >= 11 is 3.49. The Kier molecular flexibility index (Phi) is 11.4.